The molecule has 0 spiro atoms. The quantitative estimate of drug-likeness (QED) is 0.543. The number of anilines is 3. The molecule has 2 N–H and O–H groups in total. The molecular formula is C23H25N7. The Hall–Kier alpha value is -3.19. The second-order valence-corrected chi connectivity index (χ2v) is 8.21. The van der Waals surface area contributed by atoms with Gasteiger partial charge < -0.3 is 20.1 Å². The van der Waals surface area contributed by atoms with Gasteiger partial charge in [0.1, 0.15) is 11.3 Å². The van der Waals surface area contributed by atoms with E-state index < -0.39 is 0 Å². The van der Waals surface area contributed by atoms with Gasteiger partial charge in [-0.3, -0.25) is 0 Å². The van der Waals surface area contributed by atoms with Crippen molar-refractivity contribution in [3.05, 3.63) is 48.9 Å². The molecule has 152 valence electrons. The number of benzene rings is 1. The Morgan fingerprint density at radius 3 is 2.57 bits per heavy atom. The van der Waals surface area contributed by atoms with Crippen molar-refractivity contribution in [2.24, 2.45) is 0 Å². The lowest BCUT2D eigenvalue weighted by Gasteiger charge is -2.29. The maximum atomic E-state index is 4.88. The molecule has 3 aromatic heterocycles. The summed E-state index contributed by atoms with van der Waals surface area (Å²) in [6.45, 7) is 4.06. The summed E-state index contributed by atoms with van der Waals surface area (Å²) >= 11 is 0. The van der Waals surface area contributed by atoms with Crippen LogP contribution in [0.3, 0.4) is 0 Å². The predicted molar refractivity (Wildman–Crippen MR) is 121 cm³/mol. The van der Waals surface area contributed by atoms with Crippen molar-refractivity contribution < 1.29 is 0 Å². The van der Waals surface area contributed by atoms with Gasteiger partial charge in [0.2, 0.25) is 5.95 Å². The lowest BCUT2D eigenvalue weighted by atomic mass is 9.93. The summed E-state index contributed by atoms with van der Waals surface area (Å²) in [7, 11) is 0. The molecule has 2 fully saturated rings. The van der Waals surface area contributed by atoms with Gasteiger partial charge in [-0.1, -0.05) is 12.1 Å². The zero-order chi connectivity index (χ0) is 19.9. The Balaban J connectivity index is 1.31. The highest BCUT2D eigenvalue weighted by Crippen LogP contribution is 2.36. The fourth-order valence-electron chi connectivity index (χ4n) is 4.45. The Morgan fingerprint density at radius 2 is 1.80 bits per heavy atom. The average Bonchev–Trinajstić information content (AvgIpc) is 3.18. The third-order valence-corrected chi connectivity index (χ3v) is 6.37. The van der Waals surface area contributed by atoms with E-state index in [4.69, 9.17) is 4.98 Å². The number of rotatable bonds is 4. The number of pyridine rings is 1. The summed E-state index contributed by atoms with van der Waals surface area (Å²) in [4.78, 5) is 16.4. The van der Waals surface area contributed by atoms with Gasteiger partial charge in [-0.15, -0.1) is 0 Å². The molecule has 1 saturated carbocycles. The molecule has 30 heavy (non-hydrogen) atoms. The van der Waals surface area contributed by atoms with Crippen molar-refractivity contribution in [3.8, 4) is 0 Å². The molecule has 0 amide bonds. The van der Waals surface area contributed by atoms with E-state index in [9.17, 15) is 0 Å². The van der Waals surface area contributed by atoms with E-state index >= 15 is 0 Å². The molecule has 1 aliphatic carbocycles. The summed E-state index contributed by atoms with van der Waals surface area (Å²) in [5, 5.41) is 8.96. The van der Waals surface area contributed by atoms with Crippen LogP contribution in [0.15, 0.2) is 48.9 Å². The molecule has 7 nitrogen and oxygen atoms in total. The van der Waals surface area contributed by atoms with E-state index in [1.165, 1.54) is 30.2 Å². The summed E-state index contributed by atoms with van der Waals surface area (Å²) in [6, 6.07) is 11.2. The maximum absolute atomic E-state index is 4.88. The van der Waals surface area contributed by atoms with Crippen molar-refractivity contribution in [1.82, 2.24) is 24.8 Å². The van der Waals surface area contributed by atoms with Gasteiger partial charge >= 0.3 is 0 Å². The SMILES string of the molecule is c1cc(Nc2ncc3ccc4ccn(C5CCC5)c4c3n2)ncc1N1CCNCC1. The van der Waals surface area contributed by atoms with Crippen molar-refractivity contribution in [2.75, 3.05) is 36.4 Å². The Bertz CT molecular complexity index is 1190. The number of nitrogens with one attached hydrogen (secondary N) is 2. The van der Waals surface area contributed by atoms with Crippen LogP contribution in [0, 0.1) is 0 Å². The van der Waals surface area contributed by atoms with E-state index in [0.29, 0.717) is 12.0 Å². The van der Waals surface area contributed by atoms with Crippen LogP contribution in [0.5, 0.6) is 0 Å². The highest BCUT2D eigenvalue weighted by molar-refractivity contribution is 6.03. The van der Waals surface area contributed by atoms with E-state index in [1.807, 2.05) is 18.5 Å². The molecule has 4 aromatic rings. The highest BCUT2D eigenvalue weighted by atomic mass is 15.2. The van der Waals surface area contributed by atoms with E-state index in [2.05, 4.69) is 60.5 Å². The lowest BCUT2D eigenvalue weighted by molar-refractivity contribution is 0.322. The van der Waals surface area contributed by atoms with Crippen LogP contribution < -0.4 is 15.5 Å². The zero-order valence-corrected chi connectivity index (χ0v) is 16.9. The van der Waals surface area contributed by atoms with Crippen molar-refractivity contribution in [2.45, 2.75) is 25.3 Å². The third kappa shape index (κ3) is 3.06. The van der Waals surface area contributed by atoms with Crippen LogP contribution in [0.2, 0.25) is 0 Å². The predicted octanol–water partition coefficient (Wildman–Crippen LogP) is 3.86. The third-order valence-electron chi connectivity index (χ3n) is 6.37. The number of nitrogens with zero attached hydrogens (tertiary/aromatic N) is 5. The monoisotopic (exact) mass is 399 g/mol. The molecule has 1 aromatic carbocycles. The van der Waals surface area contributed by atoms with E-state index in [-0.39, 0.29) is 0 Å². The Labute approximate surface area is 175 Å². The first-order valence-electron chi connectivity index (χ1n) is 10.8. The van der Waals surface area contributed by atoms with Crippen LogP contribution in [-0.4, -0.2) is 45.7 Å². The van der Waals surface area contributed by atoms with Crippen LogP contribution in [-0.2, 0) is 0 Å². The Kier molecular flexibility index (Phi) is 4.27. The minimum atomic E-state index is 0.582. The van der Waals surface area contributed by atoms with Crippen LogP contribution in [0.1, 0.15) is 25.3 Å². The van der Waals surface area contributed by atoms with Gasteiger partial charge in [-0.2, -0.15) is 0 Å². The van der Waals surface area contributed by atoms with Gasteiger partial charge in [-0.05, 0) is 37.5 Å². The van der Waals surface area contributed by atoms with Gasteiger partial charge in [0.25, 0.3) is 0 Å². The number of hydrogen-bond acceptors (Lipinski definition) is 6. The number of aromatic nitrogens is 4. The van der Waals surface area contributed by atoms with E-state index in [0.717, 1.165) is 48.6 Å². The molecule has 7 heteroatoms. The van der Waals surface area contributed by atoms with Crippen LogP contribution in [0.25, 0.3) is 21.8 Å². The molecule has 0 bridgehead atoms. The van der Waals surface area contributed by atoms with Gasteiger partial charge in [0.15, 0.2) is 0 Å². The number of piperazine rings is 1. The maximum Gasteiger partial charge on any atom is 0.228 e. The fourth-order valence-corrected chi connectivity index (χ4v) is 4.45. The first-order valence-corrected chi connectivity index (χ1v) is 10.8. The largest absolute Gasteiger partial charge is 0.368 e. The summed E-state index contributed by atoms with van der Waals surface area (Å²) < 4.78 is 2.40. The van der Waals surface area contributed by atoms with Crippen molar-refractivity contribution in [3.63, 3.8) is 0 Å². The molecule has 0 radical (unpaired) electrons. The molecule has 4 heterocycles. The lowest BCUT2D eigenvalue weighted by Crippen LogP contribution is -2.43. The molecule has 0 atom stereocenters. The smallest absolute Gasteiger partial charge is 0.228 e. The number of hydrogen-bond donors (Lipinski definition) is 2. The van der Waals surface area contributed by atoms with Crippen LogP contribution in [0.4, 0.5) is 17.5 Å². The van der Waals surface area contributed by atoms with Crippen molar-refractivity contribution >= 4 is 39.3 Å². The molecule has 1 aliphatic heterocycles. The average molecular weight is 400 g/mol. The normalized spacial score (nSPS) is 17.4. The minimum Gasteiger partial charge on any atom is -0.368 e. The van der Waals surface area contributed by atoms with E-state index in [1.54, 1.807) is 0 Å². The minimum absolute atomic E-state index is 0.582. The standard InChI is InChI=1S/C23H25N7/c1-2-18(3-1)30-11-8-16-4-5-17-14-26-23(28-21(17)22(16)30)27-20-7-6-19(15-25-20)29-12-9-24-10-13-29/h4-8,11,14-15,18,24H,1-3,9-10,12-13H2,(H,25,26,27,28). The molecule has 2 aliphatic rings. The topological polar surface area (TPSA) is 70.9 Å². The summed E-state index contributed by atoms with van der Waals surface area (Å²) in [6.07, 6.45) is 9.84. The summed E-state index contributed by atoms with van der Waals surface area (Å²) in [5.74, 6) is 1.34. The second kappa shape index (κ2) is 7.25. The molecular weight excluding hydrogens is 374 g/mol. The fraction of sp³-hybridized carbons (Fsp3) is 0.348. The summed E-state index contributed by atoms with van der Waals surface area (Å²) in [5.41, 5.74) is 3.37. The first-order chi connectivity index (χ1) is 14.8. The van der Waals surface area contributed by atoms with Crippen LogP contribution >= 0.6 is 0 Å². The van der Waals surface area contributed by atoms with Gasteiger partial charge in [-0.25, -0.2) is 15.0 Å². The van der Waals surface area contributed by atoms with Gasteiger partial charge in [0.05, 0.1) is 17.4 Å². The first kappa shape index (κ1) is 17.7. The molecule has 6 rings (SSSR count). The highest BCUT2D eigenvalue weighted by Gasteiger charge is 2.22. The Morgan fingerprint density at radius 1 is 0.933 bits per heavy atom. The molecule has 1 saturated heterocycles. The second-order valence-electron chi connectivity index (χ2n) is 8.21. The van der Waals surface area contributed by atoms with Gasteiger partial charge in [0, 0.05) is 55.4 Å². The zero-order valence-electron chi connectivity index (χ0n) is 16.9. The number of fused-ring (bicyclic) bond motifs is 3. The van der Waals surface area contributed by atoms with Crippen molar-refractivity contribution in [1.29, 1.82) is 0 Å². The molecule has 0 unspecified atom stereocenters.